The van der Waals surface area contributed by atoms with Gasteiger partial charge in [-0.05, 0) is 36.6 Å². The number of amides is 1. The number of pyridine rings is 1. The lowest BCUT2D eigenvalue weighted by atomic mass is 9.93. The summed E-state index contributed by atoms with van der Waals surface area (Å²) < 4.78 is 1.85. The normalized spacial score (nSPS) is 21.7. The van der Waals surface area contributed by atoms with Gasteiger partial charge in [0.05, 0.1) is 11.7 Å². The van der Waals surface area contributed by atoms with Crippen LogP contribution in [0.1, 0.15) is 35.7 Å². The van der Waals surface area contributed by atoms with Crippen LogP contribution in [0, 0.1) is 6.92 Å². The fourth-order valence-corrected chi connectivity index (χ4v) is 3.27. The molecule has 122 valence electrons. The molecule has 0 radical (unpaired) electrons. The predicted molar refractivity (Wildman–Crippen MR) is 87.6 cm³/mol. The summed E-state index contributed by atoms with van der Waals surface area (Å²) in [7, 11) is 3.80. The zero-order valence-corrected chi connectivity index (χ0v) is 13.9. The van der Waals surface area contributed by atoms with Crippen LogP contribution in [0.25, 0.3) is 0 Å². The number of aromatic nitrogens is 3. The van der Waals surface area contributed by atoms with Crippen molar-refractivity contribution in [2.75, 3.05) is 7.05 Å². The van der Waals surface area contributed by atoms with E-state index in [9.17, 15) is 4.79 Å². The third-order valence-corrected chi connectivity index (χ3v) is 4.71. The van der Waals surface area contributed by atoms with Crippen LogP contribution in [0.2, 0.25) is 0 Å². The number of rotatable bonds is 4. The molecule has 0 saturated carbocycles. The number of hydrogen-bond acceptors (Lipinski definition) is 4. The van der Waals surface area contributed by atoms with Crippen LogP contribution in [0.15, 0.2) is 30.7 Å². The molecule has 3 rings (SSSR count). The van der Waals surface area contributed by atoms with Crippen molar-refractivity contribution in [3.63, 3.8) is 0 Å². The molecule has 1 amide bonds. The Morgan fingerprint density at radius 3 is 2.83 bits per heavy atom. The molecule has 1 aliphatic rings. The first-order chi connectivity index (χ1) is 11.1. The number of likely N-dealkylation sites (N-methyl/N-ethyl adjacent to an activating group) is 1. The zero-order valence-electron chi connectivity index (χ0n) is 13.9. The van der Waals surface area contributed by atoms with E-state index in [0.29, 0.717) is 6.42 Å². The average Bonchev–Trinajstić information content (AvgIpc) is 2.95. The number of aryl methyl sites for hydroxylation is 2. The van der Waals surface area contributed by atoms with Crippen molar-refractivity contribution < 1.29 is 4.79 Å². The van der Waals surface area contributed by atoms with E-state index in [4.69, 9.17) is 0 Å². The molecule has 1 fully saturated rings. The number of carbonyl (C=O) groups excluding carboxylic acids is 1. The summed E-state index contributed by atoms with van der Waals surface area (Å²) in [6.07, 6.45) is 6.90. The molecular weight excluding hydrogens is 290 g/mol. The second-order valence-electron chi connectivity index (χ2n) is 6.16. The molecule has 0 bridgehead atoms. The Hall–Kier alpha value is -2.21. The predicted octanol–water partition coefficient (Wildman–Crippen LogP) is 1.58. The molecule has 0 aliphatic carbocycles. The van der Waals surface area contributed by atoms with E-state index in [2.05, 4.69) is 22.3 Å². The molecule has 23 heavy (non-hydrogen) atoms. The van der Waals surface area contributed by atoms with E-state index in [0.717, 1.165) is 18.7 Å². The van der Waals surface area contributed by atoms with Crippen molar-refractivity contribution in [1.82, 2.24) is 25.0 Å². The van der Waals surface area contributed by atoms with Crippen molar-refractivity contribution in [1.29, 1.82) is 0 Å². The second kappa shape index (κ2) is 6.50. The third-order valence-electron chi connectivity index (χ3n) is 4.71. The molecule has 0 aromatic carbocycles. The number of likely N-dealkylation sites (tertiary alicyclic amines) is 1. The summed E-state index contributed by atoms with van der Waals surface area (Å²) >= 11 is 0. The lowest BCUT2D eigenvalue weighted by molar-refractivity contribution is -0.136. The van der Waals surface area contributed by atoms with Gasteiger partial charge in [-0.15, -0.1) is 0 Å². The summed E-state index contributed by atoms with van der Waals surface area (Å²) in [5.74, 6) is 0.189. The highest BCUT2D eigenvalue weighted by atomic mass is 16.2. The monoisotopic (exact) mass is 313 g/mol. The summed E-state index contributed by atoms with van der Waals surface area (Å²) in [4.78, 5) is 18.1. The van der Waals surface area contributed by atoms with Crippen LogP contribution >= 0.6 is 0 Å². The molecule has 2 aromatic rings. The first kappa shape index (κ1) is 15.7. The number of hydrogen-bond donors (Lipinski definition) is 1. The smallest absolute Gasteiger partial charge is 0.222 e. The largest absolute Gasteiger partial charge is 0.336 e. The van der Waals surface area contributed by atoms with Crippen LogP contribution in [0.3, 0.4) is 0 Å². The van der Waals surface area contributed by atoms with Gasteiger partial charge >= 0.3 is 0 Å². The van der Waals surface area contributed by atoms with Gasteiger partial charge in [-0.2, -0.15) is 5.10 Å². The fourth-order valence-electron chi connectivity index (χ4n) is 3.27. The van der Waals surface area contributed by atoms with Gasteiger partial charge in [-0.3, -0.25) is 14.5 Å². The third kappa shape index (κ3) is 3.12. The molecule has 0 unspecified atom stereocenters. The minimum atomic E-state index is 0.00546. The van der Waals surface area contributed by atoms with E-state index >= 15 is 0 Å². The first-order valence-corrected chi connectivity index (χ1v) is 7.94. The Bertz CT molecular complexity index is 696. The Labute approximate surface area is 136 Å². The number of piperidine rings is 1. The van der Waals surface area contributed by atoms with Crippen LogP contribution in [0.4, 0.5) is 0 Å². The van der Waals surface area contributed by atoms with Gasteiger partial charge in [-0.25, -0.2) is 0 Å². The van der Waals surface area contributed by atoms with Gasteiger partial charge in [0.1, 0.15) is 0 Å². The van der Waals surface area contributed by atoms with E-state index in [1.165, 1.54) is 11.1 Å². The van der Waals surface area contributed by atoms with Gasteiger partial charge in [0.15, 0.2) is 0 Å². The molecule has 1 saturated heterocycles. The maximum atomic E-state index is 12.1. The molecule has 3 heterocycles. The molecule has 1 N–H and O–H groups in total. The highest BCUT2D eigenvalue weighted by Crippen LogP contribution is 2.30. The van der Waals surface area contributed by atoms with Crippen LogP contribution in [-0.4, -0.2) is 38.7 Å². The van der Waals surface area contributed by atoms with E-state index in [-0.39, 0.29) is 18.0 Å². The van der Waals surface area contributed by atoms with E-state index < -0.39 is 0 Å². The van der Waals surface area contributed by atoms with E-state index in [1.807, 2.05) is 48.2 Å². The Morgan fingerprint density at radius 2 is 2.13 bits per heavy atom. The fraction of sp³-hybridized carbons (Fsp3) is 0.471. The molecule has 6 heteroatoms. The minimum Gasteiger partial charge on any atom is -0.336 e. The SMILES string of the molecule is Cc1cnccc1CN[C@H]1CCC(=O)N(C)[C@@H]1c1ccnn1C. The van der Waals surface area contributed by atoms with Gasteiger partial charge in [0.25, 0.3) is 0 Å². The minimum absolute atomic E-state index is 0.00546. The van der Waals surface area contributed by atoms with Gasteiger partial charge < -0.3 is 10.2 Å². The molecule has 2 aromatic heterocycles. The molecule has 2 atom stereocenters. The molecule has 1 aliphatic heterocycles. The number of nitrogens with zero attached hydrogens (tertiary/aromatic N) is 4. The summed E-state index contributed by atoms with van der Waals surface area (Å²) in [6, 6.07) is 4.25. The molecule has 6 nitrogen and oxygen atoms in total. The van der Waals surface area contributed by atoms with Crippen LogP contribution in [0.5, 0.6) is 0 Å². The van der Waals surface area contributed by atoms with Crippen molar-refractivity contribution in [3.05, 3.63) is 47.5 Å². The standard InChI is InChI=1S/C17H23N5O/c1-12-10-18-8-6-13(12)11-19-14-4-5-16(23)21(2)17(14)15-7-9-20-22(15)3/h6-10,14,17,19H,4-5,11H2,1-3H3/t14-,17-/m0/s1. The highest BCUT2D eigenvalue weighted by molar-refractivity contribution is 5.77. The topological polar surface area (TPSA) is 63.1 Å². The van der Waals surface area contributed by atoms with E-state index in [1.54, 1.807) is 6.20 Å². The molecule has 0 spiro atoms. The van der Waals surface area contributed by atoms with Gasteiger partial charge in [0.2, 0.25) is 5.91 Å². The quantitative estimate of drug-likeness (QED) is 0.931. The van der Waals surface area contributed by atoms with Crippen LogP contribution < -0.4 is 5.32 Å². The Morgan fingerprint density at radius 1 is 1.30 bits per heavy atom. The first-order valence-electron chi connectivity index (χ1n) is 7.94. The average molecular weight is 313 g/mol. The summed E-state index contributed by atoms with van der Waals surface area (Å²) in [5.41, 5.74) is 3.48. The maximum absolute atomic E-state index is 12.1. The summed E-state index contributed by atoms with van der Waals surface area (Å²) in [6.45, 7) is 2.84. The van der Waals surface area contributed by atoms with Crippen molar-refractivity contribution in [2.24, 2.45) is 7.05 Å². The number of carbonyl (C=O) groups is 1. The lowest BCUT2D eigenvalue weighted by Gasteiger charge is -2.39. The zero-order chi connectivity index (χ0) is 16.4. The maximum Gasteiger partial charge on any atom is 0.222 e. The lowest BCUT2D eigenvalue weighted by Crippen LogP contribution is -2.49. The van der Waals surface area contributed by atoms with Crippen LogP contribution in [-0.2, 0) is 18.4 Å². The highest BCUT2D eigenvalue weighted by Gasteiger charge is 2.35. The second-order valence-corrected chi connectivity index (χ2v) is 6.16. The number of nitrogens with one attached hydrogen (secondary N) is 1. The summed E-state index contributed by atoms with van der Waals surface area (Å²) in [5, 5.41) is 7.89. The van der Waals surface area contributed by atoms with Gasteiger partial charge in [-0.1, -0.05) is 0 Å². The Balaban J connectivity index is 1.80. The van der Waals surface area contributed by atoms with Crippen molar-refractivity contribution >= 4 is 5.91 Å². The van der Waals surface area contributed by atoms with Crippen molar-refractivity contribution in [2.45, 2.75) is 38.4 Å². The Kier molecular flexibility index (Phi) is 4.43. The van der Waals surface area contributed by atoms with Crippen molar-refractivity contribution in [3.8, 4) is 0 Å². The molecular formula is C17H23N5O. The van der Waals surface area contributed by atoms with Gasteiger partial charge in [0, 0.05) is 51.7 Å².